The van der Waals surface area contributed by atoms with Crippen molar-refractivity contribution in [2.45, 2.75) is 56.2 Å². The topological polar surface area (TPSA) is 0 Å². The van der Waals surface area contributed by atoms with E-state index in [9.17, 15) is 0 Å². The van der Waals surface area contributed by atoms with Gasteiger partial charge in [-0.2, -0.15) is 0 Å². The molecular formula is C20H25Br. The van der Waals surface area contributed by atoms with Crippen LogP contribution in [-0.2, 0) is 6.42 Å². The Morgan fingerprint density at radius 2 is 1.62 bits per heavy atom. The molecule has 0 spiro atoms. The summed E-state index contributed by atoms with van der Waals surface area (Å²) in [4.78, 5) is 0.617. The predicted octanol–water partition coefficient (Wildman–Crippen LogP) is 6.51. The molecule has 1 heteroatoms. The first-order valence-corrected chi connectivity index (χ1v) is 9.35. The van der Waals surface area contributed by atoms with E-state index in [-0.39, 0.29) is 0 Å². The first-order chi connectivity index (χ1) is 10.3. The van der Waals surface area contributed by atoms with Crippen LogP contribution in [0.2, 0.25) is 0 Å². The van der Waals surface area contributed by atoms with Crippen LogP contribution in [-0.4, -0.2) is 4.83 Å². The van der Waals surface area contributed by atoms with Crippen molar-refractivity contribution in [3.63, 3.8) is 0 Å². The second kappa shape index (κ2) is 7.45. The maximum absolute atomic E-state index is 3.96. The van der Waals surface area contributed by atoms with E-state index in [4.69, 9.17) is 0 Å². The molecule has 112 valence electrons. The quantitative estimate of drug-likeness (QED) is 0.438. The molecular weight excluding hydrogens is 320 g/mol. The second-order valence-corrected chi connectivity index (χ2v) is 7.83. The van der Waals surface area contributed by atoms with Crippen LogP contribution in [0.4, 0.5) is 0 Å². The Morgan fingerprint density at radius 1 is 0.905 bits per heavy atom. The number of fused-ring (bicyclic) bond motifs is 1. The lowest BCUT2D eigenvalue weighted by Crippen LogP contribution is -2.10. The fourth-order valence-electron chi connectivity index (χ4n) is 3.75. The van der Waals surface area contributed by atoms with E-state index >= 15 is 0 Å². The molecule has 21 heavy (non-hydrogen) atoms. The third-order valence-corrected chi connectivity index (χ3v) is 5.58. The zero-order valence-electron chi connectivity index (χ0n) is 12.7. The van der Waals surface area contributed by atoms with Gasteiger partial charge >= 0.3 is 0 Å². The van der Waals surface area contributed by atoms with E-state index in [1.54, 1.807) is 0 Å². The van der Waals surface area contributed by atoms with Gasteiger partial charge in [-0.25, -0.2) is 0 Å². The molecule has 0 radical (unpaired) electrons. The van der Waals surface area contributed by atoms with Crippen molar-refractivity contribution >= 4 is 26.7 Å². The van der Waals surface area contributed by atoms with E-state index in [0.29, 0.717) is 4.83 Å². The summed E-state index contributed by atoms with van der Waals surface area (Å²) in [7, 11) is 0. The molecule has 0 bridgehead atoms. The summed E-state index contributed by atoms with van der Waals surface area (Å²) in [6.45, 7) is 0. The molecule has 2 aromatic rings. The first-order valence-electron chi connectivity index (χ1n) is 8.43. The van der Waals surface area contributed by atoms with Gasteiger partial charge in [0.1, 0.15) is 0 Å². The van der Waals surface area contributed by atoms with Gasteiger partial charge in [-0.1, -0.05) is 96.9 Å². The zero-order chi connectivity index (χ0) is 14.5. The highest BCUT2D eigenvalue weighted by Gasteiger charge is 2.17. The Kier molecular flexibility index (Phi) is 5.35. The van der Waals surface area contributed by atoms with Gasteiger partial charge < -0.3 is 0 Å². The number of rotatable bonds is 4. The minimum atomic E-state index is 0.617. The molecule has 1 fully saturated rings. The molecule has 0 amide bonds. The lowest BCUT2D eigenvalue weighted by Gasteiger charge is -2.19. The summed E-state index contributed by atoms with van der Waals surface area (Å²) in [5.74, 6) is 0.937. The summed E-state index contributed by atoms with van der Waals surface area (Å²) in [6, 6.07) is 15.5. The Bertz CT molecular complexity index is 562. The van der Waals surface area contributed by atoms with Crippen molar-refractivity contribution in [3.8, 4) is 0 Å². The van der Waals surface area contributed by atoms with Crippen LogP contribution < -0.4 is 0 Å². The van der Waals surface area contributed by atoms with Crippen LogP contribution in [0.3, 0.4) is 0 Å². The molecule has 1 saturated carbocycles. The molecule has 0 heterocycles. The first kappa shape index (κ1) is 15.1. The minimum absolute atomic E-state index is 0.617. The fraction of sp³-hybridized carbons (Fsp3) is 0.500. The standard InChI is InChI=1S/C20H25Br/c21-19(14-16-8-3-1-2-4-9-16)15-18-12-7-11-17-10-5-6-13-20(17)18/h5-7,10-13,16,19H,1-4,8-9,14-15H2. The highest BCUT2D eigenvalue weighted by molar-refractivity contribution is 9.09. The predicted molar refractivity (Wildman–Crippen MR) is 96.2 cm³/mol. The summed E-state index contributed by atoms with van der Waals surface area (Å²) in [5.41, 5.74) is 1.49. The smallest absolute Gasteiger partial charge is 0.0189 e. The largest absolute Gasteiger partial charge is 0.0887 e. The number of benzene rings is 2. The Morgan fingerprint density at radius 3 is 2.43 bits per heavy atom. The van der Waals surface area contributed by atoms with Crippen molar-refractivity contribution in [2.24, 2.45) is 5.92 Å². The molecule has 1 unspecified atom stereocenters. The SMILES string of the molecule is BrC(Cc1cccc2ccccc12)CC1CCCCCC1. The van der Waals surface area contributed by atoms with Gasteiger partial charge in [0.05, 0.1) is 0 Å². The molecule has 1 aliphatic rings. The Hall–Kier alpha value is -0.820. The number of alkyl halides is 1. The van der Waals surface area contributed by atoms with Crippen LogP contribution >= 0.6 is 15.9 Å². The van der Waals surface area contributed by atoms with Crippen molar-refractivity contribution < 1.29 is 0 Å². The second-order valence-electron chi connectivity index (χ2n) is 6.53. The fourth-order valence-corrected chi connectivity index (χ4v) is 4.63. The van der Waals surface area contributed by atoms with E-state index in [1.165, 1.54) is 61.3 Å². The third kappa shape index (κ3) is 4.10. The van der Waals surface area contributed by atoms with Crippen molar-refractivity contribution in [3.05, 3.63) is 48.0 Å². The van der Waals surface area contributed by atoms with Gasteiger partial charge in [-0.15, -0.1) is 0 Å². The lowest BCUT2D eigenvalue weighted by molar-refractivity contribution is 0.423. The molecule has 0 aliphatic heterocycles. The van der Waals surface area contributed by atoms with Gasteiger partial charge in [0, 0.05) is 4.83 Å². The normalized spacial score (nSPS) is 18.5. The molecule has 0 saturated heterocycles. The van der Waals surface area contributed by atoms with E-state index in [2.05, 4.69) is 58.4 Å². The molecule has 0 N–H and O–H groups in total. The molecule has 2 aromatic carbocycles. The summed E-state index contributed by atoms with van der Waals surface area (Å²) in [5, 5.41) is 2.79. The molecule has 3 rings (SSSR count). The molecule has 0 aromatic heterocycles. The van der Waals surface area contributed by atoms with Gasteiger partial charge in [0.15, 0.2) is 0 Å². The van der Waals surface area contributed by atoms with Crippen molar-refractivity contribution in [1.82, 2.24) is 0 Å². The lowest BCUT2D eigenvalue weighted by atomic mass is 9.92. The number of hydrogen-bond donors (Lipinski definition) is 0. The van der Waals surface area contributed by atoms with Crippen LogP contribution in [0, 0.1) is 5.92 Å². The van der Waals surface area contributed by atoms with Gasteiger partial charge in [-0.05, 0) is 35.1 Å². The zero-order valence-corrected chi connectivity index (χ0v) is 14.3. The number of hydrogen-bond acceptors (Lipinski definition) is 0. The van der Waals surface area contributed by atoms with Crippen LogP contribution in [0.1, 0.15) is 50.5 Å². The van der Waals surface area contributed by atoms with Crippen LogP contribution in [0.15, 0.2) is 42.5 Å². The average molecular weight is 345 g/mol. The average Bonchev–Trinajstić information content (AvgIpc) is 2.76. The molecule has 1 atom stereocenters. The van der Waals surface area contributed by atoms with E-state index in [1.807, 2.05) is 0 Å². The maximum Gasteiger partial charge on any atom is 0.0189 e. The number of halogens is 1. The molecule has 1 aliphatic carbocycles. The van der Waals surface area contributed by atoms with Gasteiger partial charge in [-0.3, -0.25) is 0 Å². The van der Waals surface area contributed by atoms with Crippen molar-refractivity contribution in [2.75, 3.05) is 0 Å². The van der Waals surface area contributed by atoms with Crippen LogP contribution in [0.5, 0.6) is 0 Å². The van der Waals surface area contributed by atoms with E-state index < -0.39 is 0 Å². The summed E-state index contributed by atoms with van der Waals surface area (Å²) in [6.07, 6.45) is 11.2. The maximum atomic E-state index is 3.96. The highest BCUT2D eigenvalue weighted by Crippen LogP contribution is 2.30. The summed E-state index contributed by atoms with van der Waals surface area (Å²) >= 11 is 3.96. The Labute approximate surface area is 137 Å². The molecule has 0 nitrogen and oxygen atoms in total. The minimum Gasteiger partial charge on any atom is -0.0887 e. The highest BCUT2D eigenvalue weighted by atomic mass is 79.9. The van der Waals surface area contributed by atoms with Crippen LogP contribution in [0.25, 0.3) is 10.8 Å². The Balaban J connectivity index is 1.67. The van der Waals surface area contributed by atoms with Crippen molar-refractivity contribution in [1.29, 1.82) is 0 Å². The van der Waals surface area contributed by atoms with Gasteiger partial charge in [0.25, 0.3) is 0 Å². The summed E-state index contributed by atoms with van der Waals surface area (Å²) < 4.78 is 0. The van der Waals surface area contributed by atoms with Gasteiger partial charge in [0.2, 0.25) is 0 Å². The monoisotopic (exact) mass is 344 g/mol. The third-order valence-electron chi connectivity index (χ3n) is 4.89. The van der Waals surface area contributed by atoms with E-state index in [0.717, 1.165) is 12.3 Å².